The van der Waals surface area contributed by atoms with Crippen LogP contribution in [-0.4, -0.2) is 74.7 Å². The maximum absolute atomic E-state index is 13.1. The second kappa shape index (κ2) is 13.4. The van der Waals surface area contributed by atoms with Gasteiger partial charge in [0.1, 0.15) is 5.82 Å². The number of rotatable bonds is 11. The number of benzene rings is 2. The number of piperidine rings is 1. The Kier molecular flexibility index (Phi) is 9.52. The molecular weight excluding hydrogens is 514 g/mol. The van der Waals surface area contributed by atoms with Crippen molar-refractivity contribution in [2.75, 3.05) is 38.0 Å². The van der Waals surface area contributed by atoms with E-state index in [2.05, 4.69) is 58.5 Å². The van der Waals surface area contributed by atoms with Gasteiger partial charge in [0.25, 0.3) is 5.56 Å². The molecule has 0 saturated carbocycles. The number of amides is 1. The van der Waals surface area contributed by atoms with Crippen LogP contribution in [0.25, 0.3) is 0 Å². The molecule has 0 bridgehead atoms. The van der Waals surface area contributed by atoms with E-state index < -0.39 is 5.60 Å². The molecule has 2 fully saturated rings. The van der Waals surface area contributed by atoms with Crippen LogP contribution in [0, 0.1) is 0 Å². The molecule has 218 valence electrons. The summed E-state index contributed by atoms with van der Waals surface area (Å²) in [6.07, 6.45) is 6.16. The average Bonchev–Trinajstić information content (AvgIpc) is 3.49. The van der Waals surface area contributed by atoms with Gasteiger partial charge in [0.05, 0.1) is 18.5 Å². The highest BCUT2D eigenvalue weighted by Crippen LogP contribution is 2.26. The number of likely N-dealkylation sites (tertiary alicyclic amines) is 2. The Balaban J connectivity index is 1.16. The Morgan fingerprint density at radius 3 is 2.32 bits per heavy atom. The molecule has 3 heterocycles. The molecule has 2 aliphatic heterocycles. The molecule has 2 aromatic carbocycles. The van der Waals surface area contributed by atoms with Gasteiger partial charge in [-0.05, 0) is 62.2 Å². The van der Waals surface area contributed by atoms with Crippen LogP contribution >= 0.6 is 0 Å². The quantitative estimate of drug-likeness (QED) is 0.372. The molecule has 8 heteroatoms. The summed E-state index contributed by atoms with van der Waals surface area (Å²) in [6.45, 7) is 6.32. The third-order valence-electron chi connectivity index (χ3n) is 8.59. The summed E-state index contributed by atoms with van der Waals surface area (Å²) in [6, 6.07) is 22.1. The van der Waals surface area contributed by atoms with Crippen LogP contribution in [-0.2, 0) is 17.8 Å². The predicted molar refractivity (Wildman–Crippen MR) is 162 cm³/mol. The van der Waals surface area contributed by atoms with E-state index in [0.717, 1.165) is 31.6 Å². The summed E-state index contributed by atoms with van der Waals surface area (Å²) in [4.78, 5) is 34.9. The molecular formula is C33H43N5O3. The fourth-order valence-electron chi connectivity index (χ4n) is 6.11. The minimum atomic E-state index is -1.05. The molecule has 2 aliphatic rings. The van der Waals surface area contributed by atoms with Crippen molar-refractivity contribution in [3.8, 4) is 0 Å². The van der Waals surface area contributed by atoms with Gasteiger partial charge in [0, 0.05) is 38.2 Å². The van der Waals surface area contributed by atoms with E-state index in [1.807, 2.05) is 29.2 Å². The molecule has 8 nitrogen and oxygen atoms in total. The van der Waals surface area contributed by atoms with Crippen molar-refractivity contribution in [2.45, 2.75) is 69.6 Å². The van der Waals surface area contributed by atoms with Crippen LogP contribution in [0.15, 0.2) is 77.9 Å². The standard InChI is InChI=1S/C33H43N5O3/c1-26(28-12-6-3-7-13-28)20-31(39)37-18-14-33(41,15-19-37)24-38-25-34-30(22-32(38)40)35-29(23-36-16-8-9-17-36)21-27-10-4-2-5-11-27/h2-7,10-13,22,25-26,29,35,41H,8-9,14-21,23-24H2,1H3. The molecule has 3 aromatic rings. The summed E-state index contributed by atoms with van der Waals surface area (Å²) in [7, 11) is 0. The van der Waals surface area contributed by atoms with Crippen LogP contribution < -0.4 is 10.9 Å². The fraction of sp³-hybridized carbons (Fsp3) is 0.485. The number of carbonyl (C=O) groups is 1. The molecule has 2 atom stereocenters. The molecule has 1 aromatic heterocycles. The first-order valence-corrected chi connectivity index (χ1v) is 15.0. The van der Waals surface area contributed by atoms with E-state index in [-0.39, 0.29) is 30.0 Å². The Bertz CT molecular complexity index is 1320. The zero-order valence-corrected chi connectivity index (χ0v) is 24.1. The lowest BCUT2D eigenvalue weighted by Crippen LogP contribution is -2.49. The maximum Gasteiger partial charge on any atom is 0.255 e. The highest BCUT2D eigenvalue weighted by atomic mass is 16.3. The van der Waals surface area contributed by atoms with Crippen molar-refractivity contribution in [2.24, 2.45) is 0 Å². The first kappa shape index (κ1) is 29.0. The largest absolute Gasteiger partial charge is 0.388 e. The monoisotopic (exact) mass is 557 g/mol. The lowest BCUT2D eigenvalue weighted by Gasteiger charge is -2.38. The Morgan fingerprint density at radius 2 is 1.66 bits per heavy atom. The smallest absolute Gasteiger partial charge is 0.255 e. The summed E-state index contributed by atoms with van der Waals surface area (Å²) in [5.41, 5.74) is 1.17. The van der Waals surface area contributed by atoms with Crippen molar-refractivity contribution >= 4 is 11.7 Å². The van der Waals surface area contributed by atoms with Crippen LogP contribution in [0.5, 0.6) is 0 Å². The molecule has 2 N–H and O–H groups in total. The van der Waals surface area contributed by atoms with Gasteiger partial charge in [0.2, 0.25) is 5.91 Å². The van der Waals surface area contributed by atoms with E-state index in [0.29, 0.717) is 38.2 Å². The zero-order valence-electron chi connectivity index (χ0n) is 24.1. The van der Waals surface area contributed by atoms with E-state index in [1.165, 1.54) is 35.4 Å². The molecule has 0 radical (unpaired) electrons. The second-order valence-corrected chi connectivity index (χ2v) is 11.9. The third kappa shape index (κ3) is 8.05. The van der Waals surface area contributed by atoms with Crippen LogP contribution in [0.4, 0.5) is 5.82 Å². The van der Waals surface area contributed by atoms with Gasteiger partial charge < -0.3 is 20.2 Å². The first-order chi connectivity index (χ1) is 19.9. The third-order valence-corrected chi connectivity index (χ3v) is 8.59. The first-order valence-electron chi connectivity index (χ1n) is 15.0. The van der Waals surface area contributed by atoms with Gasteiger partial charge >= 0.3 is 0 Å². The van der Waals surface area contributed by atoms with E-state index in [4.69, 9.17) is 0 Å². The van der Waals surface area contributed by atoms with Gasteiger partial charge in [-0.3, -0.25) is 14.2 Å². The van der Waals surface area contributed by atoms with Crippen LogP contribution in [0.1, 0.15) is 56.1 Å². The van der Waals surface area contributed by atoms with Gasteiger partial charge in [-0.25, -0.2) is 4.98 Å². The van der Waals surface area contributed by atoms with Crippen molar-refractivity contribution in [1.29, 1.82) is 0 Å². The van der Waals surface area contributed by atoms with Crippen LogP contribution in [0.3, 0.4) is 0 Å². The number of nitrogens with one attached hydrogen (secondary N) is 1. The van der Waals surface area contributed by atoms with E-state index in [9.17, 15) is 14.7 Å². The average molecular weight is 558 g/mol. The Morgan fingerprint density at radius 1 is 1.00 bits per heavy atom. The lowest BCUT2D eigenvalue weighted by atomic mass is 9.90. The predicted octanol–water partition coefficient (Wildman–Crippen LogP) is 3.91. The number of carbonyl (C=O) groups excluding carboxylic acids is 1. The summed E-state index contributed by atoms with van der Waals surface area (Å²) < 4.78 is 1.49. The summed E-state index contributed by atoms with van der Waals surface area (Å²) in [5.74, 6) is 0.812. The highest BCUT2D eigenvalue weighted by molar-refractivity contribution is 5.77. The molecule has 5 rings (SSSR count). The number of aliphatic hydroxyl groups is 1. The molecule has 2 unspecified atom stereocenters. The minimum absolute atomic E-state index is 0.108. The SMILES string of the molecule is CC(CC(=O)N1CCC(O)(Cn2cnc(NC(Cc3ccccc3)CN3CCCC3)cc2=O)CC1)c1ccccc1. The number of aromatic nitrogens is 2. The Hall–Kier alpha value is -3.49. The number of hydrogen-bond acceptors (Lipinski definition) is 6. The molecule has 0 spiro atoms. The van der Waals surface area contributed by atoms with Crippen molar-refractivity contribution < 1.29 is 9.90 Å². The van der Waals surface area contributed by atoms with Crippen molar-refractivity contribution in [3.63, 3.8) is 0 Å². The van der Waals surface area contributed by atoms with E-state index >= 15 is 0 Å². The number of hydrogen-bond donors (Lipinski definition) is 2. The van der Waals surface area contributed by atoms with Gasteiger partial charge in [0.15, 0.2) is 0 Å². The Labute approximate surface area is 243 Å². The van der Waals surface area contributed by atoms with Crippen molar-refractivity contribution in [3.05, 3.63) is 94.5 Å². The van der Waals surface area contributed by atoms with Crippen LogP contribution in [0.2, 0.25) is 0 Å². The molecule has 41 heavy (non-hydrogen) atoms. The summed E-state index contributed by atoms with van der Waals surface area (Å²) in [5, 5.41) is 14.8. The number of anilines is 1. The summed E-state index contributed by atoms with van der Waals surface area (Å²) >= 11 is 0. The molecule has 1 amide bonds. The zero-order chi connectivity index (χ0) is 28.7. The van der Waals surface area contributed by atoms with Gasteiger partial charge in [-0.1, -0.05) is 67.6 Å². The molecule has 2 saturated heterocycles. The lowest BCUT2D eigenvalue weighted by molar-refractivity contribution is -0.136. The molecule has 0 aliphatic carbocycles. The number of nitrogens with zero attached hydrogens (tertiary/aromatic N) is 4. The second-order valence-electron chi connectivity index (χ2n) is 11.9. The van der Waals surface area contributed by atoms with Gasteiger partial charge in [-0.2, -0.15) is 0 Å². The fourth-order valence-corrected chi connectivity index (χ4v) is 6.11. The highest BCUT2D eigenvalue weighted by Gasteiger charge is 2.35. The van der Waals surface area contributed by atoms with Crippen molar-refractivity contribution in [1.82, 2.24) is 19.4 Å². The minimum Gasteiger partial charge on any atom is -0.388 e. The van der Waals surface area contributed by atoms with Gasteiger partial charge in [-0.15, -0.1) is 0 Å². The maximum atomic E-state index is 13.1. The normalized spacial score (nSPS) is 18.6. The van der Waals surface area contributed by atoms with E-state index in [1.54, 1.807) is 0 Å². The topological polar surface area (TPSA) is 90.7 Å².